The third-order valence-electron chi connectivity index (χ3n) is 5.76. The third kappa shape index (κ3) is 4.15. The summed E-state index contributed by atoms with van der Waals surface area (Å²) in [6.07, 6.45) is 4.42. The predicted molar refractivity (Wildman–Crippen MR) is 124 cm³/mol. The first-order valence-corrected chi connectivity index (χ1v) is 10.3. The molecule has 0 aliphatic carbocycles. The Morgan fingerprint density at radius 3 is 2.74 bits per heavy atom. The van der Waals surface area contributed by atoms with E-state index in [1.807, 2.05) is 30.3 Å². The highest BCUT2D eigenvalue weighted by Crippen LogP contribution is 2.35. The molecule has 0 radical (unpaired) electrons. The monoisotopic (exact) mass is 414 g/mol. The second kappa shape index (κ2) is 8.62. The van der Waals surface area contributed by atoms with Crippen LogP contribution in [0.4, 0.5) is 0 Å². The Balaban J connectivity index is 1.84. The van der Waals surface area contributed by atoms with Crippen LogP contribution in [-0.4, -0.2) is 41.8 Å². The molecule has 1 aliphatic rings. The number of carbonyl (C=O) groups is 2. The van der Waals surface area contributed by atoms with Gasteiger partial charge >= 0.3 is 0 Å². The number of benzene rings is 2. The number of aromatic nitrogens is 1. The molecule has 6 heteroatoms. The number of aromatic amines is 1. The van der Waals surface area contributed by atoms with Crippen LogP contribution in [0.15, 0.2) is 61.2 Å². The number of primary amides is 1. The molecule has 6 nitrogen and oxygen atoms in total. The van der Waals surface area contributed by atoms with Crippen LogP contribution in [0.5, 0.6) is 0 Å². The standard InChI is InChI=1S/C25H26N4O2/c1-3-23(30)27-15-17-6-4-5-7-18(17)19-8-9-20(25(26)31)24-21(19)14-22(28-24)16-10-12-29(2)13-11-16/h3-10,14,28H,1,11-13,15H2,2H3,(H2,26,31)(H,27,30). The van der Waals surface area contributed by atoms with Gasteiger partial charge in [-0.15, -0.1) is 0 Å². The Kier molecular flexibility index (Phi) is 5.73. The molecule has 0 bridgehead atoms. The summed E-state index contributed by atoms with van der Waals surface area (Å²) in [4.78, 5) is 29.5. The molecule has 4 rings (SSSR count). The van der Waals surface area contributed by atoms with Crippen molar-refractivity contribution in [2.75, 3.05) is 20.1 Å². The molecule has 0 saturated heterocycles. The molecule has 0 fully saturated rings. The number of nitrogens with one attached hydrogen (secondary N) is 2. The van der Waals surface area contributed by atoms with Gasteiger partial charge in [0.05, 0.1) is 11.1 Å². The molecule has 158 valence electrons. The van der Waals surface area contributed by atoms with Crippen LogP contribution in [0.25, 0.3) is 27.6 Å². The summed E-state index contributed by atoms with van der Waals surface area (Å²) in [5, 5.41) is 3.78. The van der Waals surface area contributed by atoms with Gasteiger partial charge in [0, 0.05) is 30.7 Å². The summed E-state index contributed by atoms with van der Waals surface area (Å²) in [5.41, 5.74) is 12.1. The Morgan fingerprint density at radius 1 is 1.23 bits per heavy atom. The van der Waals surface area contributed by atoms with E-state index in [0.717, 1.165) is 52.8 Å². The van der Waals surface area contributed by atoms with Crippen LogP contribution in [-0.2, 0) is 11.3 Å². The molecular formula is C25H26N4O2. The summed E-state index contributed by atoms with van der Waals surface area (Å²) in [6, 6.07) is 13.7. The molecule has 0 atom stereocenters. The molecule has 3 aromatic rings. The van der Waals surface area contributed by atoms with Crippen LogP contribution in [0, 0.1) is 0 Å². The number of hydrogen-bond donors (Lipinski definition) is 3. The maximum absolute atomic E-state index is 12.1. The lowest BCUT2D eigenvalue weighted by Gasteiger charge is -2.21. The second-order valence-corrected chi connectivity index (χ2v) is 7.82. The zero-order valence-electron chi connectivity index (χ0n) is 17.6. The summed E-state index contributed by atoms with van der Waals surface area (Å²) in [5.74, 6) is -0.684. The maximum atomic E-state index is 12.1. The van der Waals surface area contributed by atoms with Gasteiger partial charge in [0.2, 0.25) is 5.91 Å². The number of likely N-dealkylation sites (N-methyl/N-ethyl adjacent to an activating group) is 1. The van der Waals surface area contributed by atoms with E-state index in [1.165, 1.54) is 11.6 Å². The normalized spacial score (nSPS) is 14.3. The predicted octanol–water partition coefficient (Wildman–Crippen LogP) is 3.45. The summed E-state index contributed by atoms with van der Waals surface area (Å²) >= 11 is 0. The van der Waals surface area contributed by atoms with Crippen molar-refractivity contribution in [1.29, 1.82) is 0 Å². The maximum Gasteiger partial charge on any atom is 0.250 e. The zero-order valence-corrected chi connectivity index (χ0v) is 17.6. The van der Waals surface area contributed by atoms with Gasteiger partial charge in [-0.05, 0) is 53.9 Å². The highest BCUT2D eigenvalue weighted by molar-refractivity contribution is 6.10. The van der Waals surface area contributed by atoms with Gasteiger partial charge in [-0.3, -0.25) is 9.59 Å². The van der Waals surface area contributed by atoms with Crippen LogP contribution in [0.3, 0.4) is 0 Å². The fourth-order valence-electron chi connectivity index (χ4n) is 4.04. The van der Waals surface area contributed by atoms with Crippen molar-refractivity contribution in [3.05, 3.63) is 78.0 Å². The quantitative estimate of drug-likeness (QED) is 0.540. The van der Waals surface area contributed by atoms with E-state index in [1.54, 1.807) is 6.07 Å². The minimum absolute atomic E-state index is 0.220. The smallest absolute Gasteiger partial charge is 0.250 e. The Morgan fingerprint density at radius 2 is 2.03 bits per heavy atom. The topological polar surface area (TPSA) is 91.2 Å². The van der Waals surface area contributed by atoms with Gasteiger partial charge < -0.3 is 20.9 Å². The van der Waals surface area contributed by atoms with Crippen LogP contribution < -0.4 is 11.1 Å². The van der Waals surface area contributed by atoms with Crippen molar-refractivity contribution >= 4 is 28.3 Å². The van der Waals surface area contributed by atoms with E-state index >= 15 is 0 Å². The van der Waals surface area contributed by atoms with E-state index in [9.17, 15) is 9.59 Å². The minimum atomic E-state index is -0.464. The summed E-state index contributed by atoms with van der Waals surface area (Å²) < 4.78 is 0. The molecule has 0 spiro atoms. The Hall–Kier alpha value is -3.64. The van der Waals surface area contributed by atoms with Gasteiger partial charge in [-0.2, -0.15) is 0 Å². The second-order valence-electron chi connectivity index (χ2n) is 7.82. The first-order valence-electron chi connectivity index (χ1n) is 10.3. The molecule has 4 N–H and O–H groups in total. The molecule has 2 heterocycles. The Bertz CT molecular complexity index is 1210. The molecule has 0 unspecified atom stereocenters. The van der Waals surface area contributed by atoms with Crippen molar-refractivity contribution < 1.29 is 9.59 Å². The van der Waals surface area contributed by atoms with E-state index < -0.39 is 5.91 Å². The fraction of sp³-hybridized carbons (Fsp3) is 0.200. The average molecular weight is 415 g/mol. The highest BCUT2D eigenvalue weighted by Gasteiger charge is 2.18. The lowest BCUT2D eigenvalue weighted by Crippen LogP contribution is -2.23. The van der Waals surface area contributed by atoms with Gasteiger partial charge in [0.25, 0.3) is 5.91 Å². The third-order valence-corrected chi connectivity index (χ3v) is 5.76. The number of nitrogens with zero attached hydrogens (tertiary/aromatic N) is 1. The van der Waals surface area contributed by atoms with Gasteiger partial charge in [-0.25, -0.2) is 0 Å². The number of hydrogen-bond acceptors (Lipinski definition) is 3. The number of carbonyl (C=O) groups excluding carboxylic acids is 2. The minimum Gasteiger partial charge on any atom is -0.366 e. The van der Waals surface area contributed by atoms with Crippen molar-refractivity contribution in [2.24, 2.45) is 5.73 Å². The van der Waals surface area contributed by atoms with Crippen LogP contribution in [0.1, 0.15) is 28.0 Å². The van der Waals surface area contributed by atoms with Gasteiger partial charge in [0.15, 0.2) is 0 Å². The van der Waals surface area contributed by atoms with Gasteiger partial charge in [0.1, 0.15) is 0 Å². The molecule has 2 amide bonds. The summed E-state index contributed by atoms with van der Waals surface area (Å²) in [6.45, 7) is 5.77. The first kappa shape index (κ1) is 20.6. The van der Waals surface area contributed by atoms with Crippen LogP contribution in [0.2, 0.25) is 0 Å². The van der Waals surface area contributed by atoms with Crippen molar-refractivity contribution in [1.82, 2.24) is 15.2 Å². The molecule has 1 aromatic heterocycles. The number of fused-ring (bicyclic) bond motifs is 1. The van der Waals surface area contributed by atoms with E-state index in [-0.39, 0.29) is 5.91 Å². The SMILES string of the molecule is C=CC(=O)NCc1ccccc1-c1ccc(C(N)=O)c2[nH]c(C3=CCN(C)CC3)cc12. The van der Waals surface area contributed by atoms with E-state index in [0.29, 0.717) is 12.1 Å². The van der Waals surface area contributed by atoms with E-state index in [2.05, 4.69) is 41.0 Å². The molecular weight excluding hydrogens is 388 g/mol. The van der Waals surface area contributed by atoms with Crippen LogP contribution >= 0.6 is 0 Å². The number of nitrogens with two attached hydrogens (primary N) is 1. The van der Waals surface area contributed by atoms with Crippen molar-refractivity contribution in [2.45, 2.75) is 13.0 Å². The zero-order chi connectivity index (χ0) is 22.0. The summed E-state index contributed by atoms with van der Waals surface area (Å²) in [7, 11) is 2.10. The lowest BCUT2D eigenvalue weighted by molar-refractivity contribution is -0.116. The highest BCUT2D eigenvalue weighted by atomic mass is 16.1. The first-order chi connectivity index (χ1) is 15.0. The molecule has 31 heavy (non-hydrogen) atoms. The van der Waals surface area contributed by atoms with E-state index in [4.69, 9.17) is 5.73 Å². The molecule has 0 saturated carbocycles. The molecule has 1 aliphatic heterocycles. The van der Waals surface area contributed by atoms with Gasteiger partial charge in [-0.1, -0.05) is 43.0 Å². The number of amides is 2. The number of H-pyrrole nitrogens is 1. The average Bonchev–Trinajstić information content (AvgIpc) is 3.22. The lowest BCUT2D eigenvalue weighted by atomic mass is 9.94. The molecule has 2 aromatic carbocycles. The largest absolute Gasteiger partial charge is 0.366 e. The fourth-order valence-corrected chi connectivity index (χ4v) is 4.04. The number of rotatable bonds is 6. The Labute approximate surface area is 181 Å². The van der Waals surface area contributed by atoms with Crippen molar-refractivity contribution in [3.63, 3.8) is 0 Å². The van der Waals surface area contributed by atoms with Crippen molar-refractivity contribution in [3.8, 4) is 11.1 Å².